The molecule has 0 saturated carbocycles. The molecule has 0 aliphatic heterocycles. The Morgan fingerprint density at radius 3 is 2.88 bits per heavy atom. The second kappa shape index (κ2) is 6.01. The van der Waals surface area contributed by atoms with Crippen molar-refractivity contribution in [3.8, 4) is 0 Å². The third-order valence-corrected chi connectivity index (χ3v) is 2.43. The first kappa shape index (κ1) is 12.4. The topological polar surface area (TPSA) is 104 Å². The summed E-state index contributed by atoms with van der Waals surface area (Å²) in [6.07, 6.45) is 1.88. The van der Waals surface area contributed by atoms with E-state index in [9.17, 15) is 9.59 Å². The number of amides is 2. The number of hydrogen-bond donors (Lipinski definition) is 3. The van der Waals surface area contributed by atoms with Crippen molar-refractivity contribution in [1.82, 2.24) is 14.9 Å². The minimum absolute atomic E-state index is 0.0924. The third-order valence-electron chi connectivity index (χ3n) is 1.85. The first-order valence-corrected chi connectivity index (χ1v) is 5.45. The van der Waals surface area contributed by atoms with E-state index >= 15 is 0 Å². The lowest BCUT2D eigenvalue weighted by Gasteiger charge is -2.14. The van der Waals surface area contributed by atoms with Gasteiger partial charge in [0.15, 0.2) is 0 Å². The predicted octanol–water partition coefficient (Wildman–Crippen LogP) is 0.913. The zero-order chi connectivity index (χ0) is 12.0. The molecule has 0 saturated heterocycles. The highest BCUT2D eigenvalue weighted by atomic mass is 32.1. The number of aliphatic carboxylic acids is 1. The minimum atomic E-state index is -0.938. The molecule has 0 aromatic carbocycles. The number of nitrogens with zero attached hydrogens (tertiary/aromatic N) is 2. The largest absolute Gasteiger partial charge is 0.481 e. The zero-order valence-corrected chi connectivity index (χ0v) is 9.45. The van der Waals surface area contributed by atoms with Gasteiger partial charge in [0, 0.05) is 17.6 Å². The Hall–Kier alpha value is -1.70. The second-order valence-corrected chi connectivity index (χ2v) is 3.87. The van der Waals surface area contributed by atoms with Crippen molar-refractivity contribution in [1.29, 1.82) is 0 Å². The van der Waals surface area contributed by atoms with E-state index < -0.39 is 12.0 Å². The van der Waals surface area contributed by atoms with Crippen molar-refractivity contribution in [2.75, 3.05) is 5.32 Å². The maximum Gasteiger partial charge on any atom is 0.320 e. The molecule has 0 radical (unpaired) electrons. The van der Waals surface area contributed by atoms with E-state index in [-0.39, 0.29) is 12.5 Å². The van der Waals surface area contributed by atoms with Gasteiger partial charge in [-0.3, -0.25) is 10.1 Å². The fraction of sp³-hybridized carbons (Fsp3) is 0.500. The highest BCUT2D eigenvalue weighted by molar-refractivity contribution is 7.10. The van der Waals surface area contributed by atoms with Crippen molar-refractivity contribution >= 4 is 28.5 Å². The summed E-state index contributed by atoms with van der Waals surface area (Å²) in [6, 6.07) is -0.822. The van der Waals surface area contributed by atoms with Gasteiger partial charge in [0.1, 0.15) is 5.00 Å². The fourth-order valence-corrected chi connectivity index (χ4v) is 1.48. The van der Waals surface area contributed by atoms with Gasteiger partial charge in [0.2, 0.25) is 0 Å². The number of carbonyl (C=O) groups excluding carboxylic acids is 1. The molecule has 1 heterocycles. The number of carbonyl (C=O) groups is 2. The van der Waals surface area contributed by atoms with E-state index in [1.165, 1.54) is 6.20 Å². The SMILES string of the molecule is CCC(CC(=O)O)NC(=O)Nc1cnns1. The molecule has 1 aromatic rings. The third kappa shape index (κ3) is 4.22. The average Bonchev–Trinajstić information content (AvgIpc) is 2.68. The van der Waals surface area contributed by atoms with Gasteiger partial charge in [0.05, 0.1) is 12.6 Å². The average molecular weight is 244 g/mol. The number of urea groups is 1. The summed E-state index contributed by atoms with van der Waals surface area (Å²) in [7, 11) is 0. The van der Waals surface area contributed by atoms with Crippen LogP contribution in [0.2, 0.25) is 0 Å². The Balaban J connectivity index is 2.40. The Labute approximate surface area is 96.0 Å². The van der Waals surface area contributed by atoms with Crippen LogP contribution in [0.25, 0.3) is 0 Å². The van der Waals surface area contributed by atoms with Crippen molar-refractivity contribution in [2.24, 2.45) is 0 Å². The van der Waals surface area contributed by atoms with Crippen LogP contribution in [0, 0.1) is 0 Å². The van der Waals surface area contributed by atoms with Gasteiger partial charge in [-0.05, 0) is 6.42 Å². The highest BCUT2D eigenvalue weighted by Gasteiger charge is 2.14. The number of carboxylic acids is 1. The number of carboxylic acid groups (broad SMARTS) is 1. The second-order valence-electron chi connectivity index (χ2n) is 3.08. The molecule has 0 spiro atoms. The molecule has 1 aromatic heterocycles. The van der Waals surface area contributed by atoms with Gasteiger partial charge in [-0.1, -0.05) is 11.4 Å². The molecule has 8 heteroatoms. The maximum absolute atomic E-state index is 11.4. The molecular weight excluding hydrogens is 232 g/mol. The zero-order valence-electron chi connectivity index (χ0n) is 8.64. The van der Waals surface area contributed by atoms with E-state index in [2.05, 4.69) is 20.2 Å². The van der Waals surface area contributed by atoms with Gasteiger partial charge >= 0.3 is 12.0 Å². The van der Waals surface area contributed by atoms with Gasteiger partial charge < -0.3 is 10.4 Å². The molecular formula is C8H12N4O3S. The summed E-state index contributed by atoms with van der Waals surface area (Å²) in [4.78, 5) is 21.9. The molecule has 16 heavy (non-hydrogen) atoms. The smallest absolute Gasteiger partial charge is 0.320 e. The number of nitrogens with one attached hydrogen (secondary N) is 2. The molecule has 0 aliphatic carbocycles. The maximum atomic E-state index is 11.4. The lowest BCUT2D eigenvalue weighted by molar-refractivity contribution is -0.137. The number of rotatable bonds is 5. The monoisotopic (exact) mass is 244 g/mol. The number of anilines is 1. The summed E-state index contributed by atoms with van der Waals surface area (Å²) in [5, 5.41) is 17.7. The molecule has 3 N–H and O–H groups in total. The lowest BCUT2D eigenvalue weighted by atomic mass is 10.1. The Morgan fingerprint density at radius 2 is 2.38 bits per heavy atom. The summed E-state index contributed by atoms with van der Waals surface area (Å²) in [5.74, 6) is -0.938. The molecule has 0 aliphatic rings. The van der Waals surface area contributed by atoms with E-state index in [1.54, 1.807) is 0 Å². The molecule has 88 valence electrons. The summed E-state index contributed by atoms with van der Waals surface area (Å²) in [5.41, 5.74) is 0. The Morgan fingerprint density at radius 1 is 1.62 bits per heavy atom. The predicted molar refractivity (Wildman–Crippen MR) is 58.4 cm³/mol. The summed E-state index contributed by atoms with van der Waals surface area (Å²) < 4.78 is 3.58. The van der Waals surface area contributed by atoms with Crippen LogP contribution in [-0.2, 0) is 4.79 Å². The van der Waals surface area contributed by atoms with Crippen LogP contribution in [0.4, 0.5) is 9.80 Å². The molecule has 1 atom stereocenters. The number of aromatic nitrogens is 2. The van der Waals surface area contributed by atoms with Crippen LogP contribution in [0.3, 0.4) is 0 Å². The van der Waals surface area contributed by atoms with Gasteiger partial charge in [-0.15, -0.1) is 5.10 Å². The van der Waals surface area contributed by atoms with Crippen LogP contribution in [-0.4, -0.2) is 32.7 Å². The van der Waals surface area contributed by atoms with Crippen LogP contribution in [0.15, 0.2) is 6.20 Å². The van der Waals surface area contributed by atoms with Crippen LogP contribution in [0.5, 0.6) is 0 Å². The van der Waals surface area contributed by atoms with Crippen LogP contribution >= 0.6 is 11.5 Å². The quantitative estimate of drug-likeness (QED) is 0.714. The fourth-order valence-electron chi connectivity index (χ4n) is 1.06. The molecule has 2 amide bonds. The number of hydrogen-bond acceptors (Lipinski definition) is 5. The Kier molecular flexibility index (Phi) is 4.65. The van der Waals surface area contributed by atoms with Crippen molar-refractivity contribution in [2.45, 2.75) is 25.8 Å². The van der Waals surface area contributed by atoms with Crippen molar-refractivity contribution in [3.63, 3.8) is 0 Å². The Bertz CT molecular complexity index is 354. The van der Waals surface area contributed by atoms with Crippen LogP contribution in [0.1, 0.15) is 19.8 Å². The van der Waals surface area contributed by atoms with Crippen molar-refractivity contribution < 1.29 is 14.7 Å². The first-order chi connectivity index (χ1) is 7.61. The molecule has 0 fully saturated rings. The minimum Gasteiger partial charge on any atom is -0.481 e. The standard InChI is InChI=1S/C8H12N4O3S/c1-2-5(3-7(13)14)10-8(15)11-6-4-9-12-16-6/h4-5H,2-3H2,1H3,(H,13,14)(H2,10,11,15). The summed E-state index contributed by atoms with van der Waals surface area (Å²) in [6.45, 7) is 1.81. The van der Waals surface area contributed by atoms with Crippen molar-refractivity contribution in [3.05, 3.63) is 6.20 Å². The lowest BCUT2D eigenvalue weighted by Crippen LogP contribution is -2.38. The summed E-state index contributed by atoms with van der Waals surface area (Å²) >= 11 is 1.05. The van der Waals surface area contributed by atoms with Gasteiger partial charge in [-0.25, -0.2) is 4.79 Å². The molecule has 7 nitrogen and oxygen atoms in total. The molecule has 0 bridgehead atoms. The van der Waals surface area contributed by atoms with E-state index in [0.717, 1.165) is 11.5 Å². The van der Waals surface area contributed by atoms with Gasteiger partial charge in [0.25, 0.3) is 0 Å². The highest BCUT2D eigenvalue weighted by Crippen LogP contribution is 2.08. The normalized spacial score (nSPS) is 11.8. The van der Waals surface area contributed by atoms with Gasteiger partial charge in [-0.2, -0.15) is 0 Å². The van der Waals surface area contributed by atoms with E-state index in [4.69, 9.17) is 5.11 Å². The van der Waals surface area contributed by atoms with E-state index in [1.807, 2.05) is 6.92 Å². The molecule has 1 unspecified atom stereocenters. The van der Waals surface area contributed by atoms with E-state index in [0.29, 0.717) is 11.4 Å². The molecule has 1 rings (SSSR count). The first-order valence-electron chi connectivity index (χ1n) is 4.68. The van der Waals surface area contributed by atoms with Crippen LogP contribution < -0.4 is 10.6 Å².